The molecule has 2 heterocycles. The van der Waals surface area contributed by atoms with E-state index >= 15 is 0 Å². The van der Waals surface area contributed by atoms with Crippen molar-refractivity contribution < 1.29 is 9.90 Å². The van der Waals surface area contributed by atoms with Crippen LogP contribution >= 0.6 is 0 Å². The number of nitrogens with one attached hydrogen (secondary N) is 1. The number of piperidine rings is 1. The molecule has 2 N–H and O–H groups in total. The van der Waals surface area contributed by atoms with Crippen molar-refractivity contribution in [2.24, 2.45) is 17.8 Å². The second-order valence-electron chi connectivity index (χ2n) is 7.80. The Morgan fingerprint density at radius 1 is 1.36 bits per heavy atom. The van der Waals surface area contributed by atoms with Gasteiger partial charge in [-0.3, -0.25) is 4.79 Å². The summed E-state index contributed by atoms with van der Waals surface area (Å²) in [4.78, 5) is 18.9. The van der Waals surface area contributed by atoms with Gasteiger partial charge in [-0.15, -0.1) is 0 Å². The van der Waals surface area contributed by atoms with Gasteiger partial charge in [-0.2, -0.15) is 0 Å². The van der Waals surface area contributed by atoms with Crippen LogP contribution in [0.3, 0.4) is 0 Å². The third kappa shape index (κ3) is 6.31. The molecule has 5 nitrogen and oxygen atoms in total. The van der Waals surface area contributed by atoms with Gasteiger partial charge < -0.3 is 15.3 Å². The number of rotatable bonds is 8. The van der Waals surface area contributed by atoms with Crippen molar-refractivity contribution in [2.75, 3.05) is 31.6 Å². The molecule has 0 saturated carbocycles. The number of carbonyl (C=O) groups excluding carboxylic acids is 1. The average molecular weight is 348 g/mol. The Balaban J connectivity index is 1.87. The fourth-order valence-corrected chi connectivity index (χ4v) is 3.42. The predicted molar refractivity (Wildman–Crippen MR) is 102 cm³/mol. The molecule has 1 atom stereocenters. The molecule has 0 bridgehead atoms. The number of aromatic nitrogens is 1. The molecule has 0 radical (unpaired) electrons. The van der Waals surface area contributed by atoms with E-state index in [-0.39, 0.29) is 12.5 Å². The molecular formula is C20H33N3O2. The first kappa shape index (κ1) is 19.7. The molecule has 5 heteroatoms. The molecule has 1 aromatic heterocycles. The minimum atomic E-state index is 0.0870. The number of amides is 1. The number of carbonyl (C=O) groups is 1. The van der Waals surface area contributed by atoms with Gasteiger partial charge in [-0.25, -0.2) is 4.98 Å². The molecule has 1 unspecified atom stereocenters. The lowest BCUT2D eigenvalue weighted by Gasteiger charge is -2.30. The highest BCUT2D eigenvalue weighted by Gasteiger charge is 2.21. The normalized spacial score (nSPS) is 16.9. The summed E-state index contributed by atoms with van der Waals surface area (Å²) in [7, 11) is 0. The van der Waals surface area contributed by atoms with Crippen molar-refractivity contribution in [3.63, 3.8) is 0 Å². The molecule has 1 aromatic rings. The largest absolute Gasteiger partial charge is 0.396 e. The molecule has 0 aliphatic carbocycles. The number of aliphatic hydroxyl groups is 1. The molecular weight excluding hydrogens is 314 g/mol. The van der Waals surface area contributed by atoms with Crippen LogP contribution in [0.4, 0.5) is 5.82 Å². The van der Waals surface area contributed by atoms with E-state index in [1.54, 1.807) is 6.20 Å². The summed E-state index contributed by atoms with van der Waals surface area (Å²) in [6.45, 7) is 9.34. The standard InChI is InChI=1S/C20H33N3O2/c1-15(2)12-17(8-11-24)13-21-19-5-4-18(14-22-19)20(25)23-9-6-16(3)7-10-23/h4-5,14-17,24H,6-13H2,1-3H3,(H,21,22). The van der Waals surface area contributed by atoms with Crippen molar-refractivity contribution >= 4 is 11.7 Å². The highest BCUT2D eigenvalue weighted by molar-refractivity contribution is 5.94. The molecule has 0 aromatic carbocycles. The molecule has 25 heavy (non-hydrogen) atoms. The lowest BCUT2D eigenvalue weighted by Crippen LogP contribution is -2.37. The summed E-state index contributed by atoms with van der Waals surface area (Å²) in [5, 5.41) is 12.5. The topological polar surface area (TPSA) is 65.5 Å². The summed E-state index contributed by atoms with van der Waals surface area (Å²) in [5.41, 5.74) is 0.661. The zero-order valence-electron chi connectivity index (χ0n) is 15.9. The first-order valence-corrected chi connectivity index (χ1v) is 9.59. The van der Waals surface area contributed by atoms with Crippen LogP contribution in [0.2, 0.25) is 0 Å². The van der Waals surface area contributed by atoms with Crippen LogP contribution in [-0.4, -0.2) is 47.1 Å². The Hall–Kier alpha value is -1.62. The molecule has 2 rings (SSSR count). The summed E-state index contributed by atoms with van der Waals surface area (Å²) in [5.74, 6) is 2.63. The molecule has 1 aliphatic heterocycles. The molecule has 1 aliphatic rings. The maximum absolute atomic E-state index is 12.5. The van der Waals surface area contributed by atoms with Gasteiger partial charge in [-0.05, 0) is 55.6 Å². The Bertz CT molecular complexity index is 522. The second-order valence-corrected chi connectivity index (χ2v) is 7.80. The van der Waals surface area contributed by atoms with Gasteiger partial charge in [0.1, 0.15) is 5.82 Å². The smallest absolute Gasteiger partial charge is 0.255 e. The minimum Gasteiger partial charge on any atom is -0.396 e. The fourth-order valence-electron chi connectivity index (χ4n) is 3.42. The first-order chi connectivity index (χ1) is 12.0. The number of aliphatic hydroxyl groups excluding tert-OH is 1. The zero-order valence-corrected chi connectivity index (χ0v) is 15.9. The van der Waals surface area contributed by atoms with Crippen molar-refractivity contribution in [1.82, 2.24) is 9.88 Å². The molecule has 1 amide bonds. The van der Waals surface area contributed by atoms with E-state index in [4.69, 9.17) is 0 Å². The lowest BCUT2D eigenvalue weighted by atomic mass is 9.94. The van der Waals surface area contributed by atoms with E-state index in [0.29, 0.717) is 23.3 Å². The van der Waals surface area contributed by atoms with Crippen molar-refractivity contribution in [2.45, 2.75) is 46.5 Å². The van der Waals surface area contributed by atoms with Gasteiger partial charge in [0.2, 0.25) is 0 Å². The summed E-state index contributed by atoms with van der Waals surface area (Å²) in [6, 6.07) is 3.74. The molecule has 140 valence electrons. The summed E-state index contributed by atoms with van der Waals surface area (Å²) in [6.07, 6.45) is 5.72. The van der Waals surface area contributed by atoms with Crippen LogP contribution in [0, 0.1) is 17.8 Å². The van der Waals surface area contributed by atoms with Crippen molar-refractivity contribution in [1.29, 1.82) is 0 Å². The quantitative estimate of drug-likeness (QED) is 0.756. The van der Waals surface area contributed by atoms with Gasteiger partial charge >= 0.3 is 0 Å². The first-order valence-electron chi connectivity index (χ1n) is 9.59. The number of anilines is 1. The Kier molecular flexibility index (Phi) is 7.69. The van der Waals surface area contributed by atoms with Gasteiger partial charge in [0.05, 0.1) is 5.56 Å². The zero-order chi connectivity index (χ0) is 18.2. The van der Waals surface area contributed by atoms with E-state index in [2.05, 4.69) is 31.1 Å². The van der Waals surface area contributed by atoms with E-state index < -0.39 is 0 Å². The predicted octanol–water partition coefficient (Wildman–Crippen LogP) is 3.41. The van der Waals surface area contributed by atoms with Crippen LogP contribution in [0.5, 0.6) is 0 Å². The van der Waals surface area contributed by atoms with Crippen LogP contribution in [0.1, 0.15) is 56.8 Å². The number of likely N-dealkylation sites (tertiary alicyclic amines) is 1. The maximum atomic E-state index is 12.5. The monoisotopic (exact) mass is 347 g/mol. The van der Waals surface area contributed by atoms with Crippen LogP contribution in [-0.2, 0) is 0 Å². The maximum Gasteiger partial charge on any atom is 0.255 e. The van der Waals surface area contributed by atoms with Crippen LogP contribution in [0.15, 0.2) is 18.3 Å². The Morgan fingerprint density at radius 3 is 2.64 bits per heavy atom. The Morgan fingerprint density at radius 2 is 2.08 bits per heavy atom. The van der Waals surface area contributed by atoms with Gasteiger partial charge in [-0.1, -0.05) is 20.8 Å². The van der Waals surface area contributed by atoms with Gasteiger partial charge in [0.25, 0.3) is 5.91 Å². The second kappa shape index (κ2) is 9.76. The Labute approximate surface area is 151 Å². The highest BCUT2D eigenvalue weighted by atomic mass is 16.3. The van der Waals surface area contributed by atoms with E-state index in [1.165, 1.54) is 0 Å². The summed E-state index contributed by atoms with van der Waals surface area (Å²) < 4.78 is 0. The van der Waals surface area contributed by atoms with Gasteiger partial charge in [0, 0.05) is 32.4 Å². The minimum absolute atomic E-state index is 0.0870. The molecule has 0 spiro atoms. The molecule has 1 fully saturated rings. The van der Waals surface area contributed by atoms with Crippen LogP contribution in [0.25, 0.3) is 0 Å². The SMILES string of the molecule is CC(C)CC(CCO)CNc1ccc(C(=O)N2CCC(C)CC2)cn1. The average Bonchev–Trinajstić information content (AvgIpc) is 2.60. The van der Waals surface area contributed by atoms with Crippen LogP contribution < -0.4 is 5.32 Å². The van der Waals surface area contributed by atoms with E-state index in [9.17, 15) is 9.90 Å². The number of hydrogen-bond donors (Lipinski definition) is 2. The fraction of sp³-hybridized carbons (Fsp3) is 0.700. The third-order valence-corrected chi connectivity index (χ3v) is 5.00. The number of nitrogens with zero attached hydrogens (tertiary/aromatic N) is 2. The highest BCUT2D eigenvalue weighted by Crippen LogP contribution is 2.19. The molecule has 1 saturated heterocycles. The van der Waals surface area contributed by atoms with E-state index in [0.717, 1.165) is 51.1 Å². The number of hydrogen-bond acceptors (Lipinski definition) is 4. The number of pyridine rings is 1. The van der Waals surface area contributed by atoms with E-state index in [1.807, 2.05) is 17.0 Å². The third-order valence-electron chi connectivity index (χ3n) is 5.00. The van der Waals surface area contributed by atoms with Crippen molar-refractivity contribution in [3.05, 3.63) is 23.9 Å². The summed E-state index contributed by atoms with van der Waals surface area (Å²) >= 11 is 0. The van der Waals surface area contributed by atoms with Gasteiger partial charge in [0.15, 0.2) is 0 Å². The van der Waals surface area contributed by atoms with Crippen molar-refractivity contribution in [3.8, 4) is 0 Å². The lowest BCUT2D eigenvalue weighted by molar-refractivity contribution is 0.0697.